The van der Waals surface area contributed by atoms with Crippen molar-refractivity contribution < 1.29 is 9.59 Å². The highest BCUT2D eigenvalue weighted by molar-refractivity contribution is 7.27. The van der Waals surface area contributed by atoms with Crippen molar-refractivity contribution in [3.8, 4) is 0 Å². The average Bonchev–Trinajstić information content (AvgIpc) is 2.39. The molecule has 1 atom stereocenters. The van der Waals surface area contributed by atoms with Gasteiger partial charge < -0.3 is 0 Å². The molecular formula is C14H11O2P. The quantitative estimate of drug-likeness (QED) is 0.470. The summed E-state index contributed by atoms with van der Waals surface area (Å²) >= 11 is 0. The molecule has 3 heteroatoms. The van der Waals surface area contributed by atoms with Gasteiger partial charge in [0.25, 0.3) is 0 Å². The molecule has 0 aliphatic rings. The molecule has 0 saturated heterocycles. The lowest BCUT2D eigenvalue weighted by atomic mass is 10.0. The predicted molar refractivity (Wildman–Crippen MR) is 70.9 cm³/mol. The Bertz CT molecular complexity index is 544. The molecule has 84 valence electrons. The molecule has 2 aromatic rings. The molecule has 2 aromatic carbocycles. The number of benzene rings is 2. The molecular weight excluding hydrogens is 231 g/mol. The van der Waals surface area contributed by atoms with Gasteiger partial charge in [-0.15, -0.1) is 9.24 Å². The van der Waals surface area contributed by atoms with Crippen LogP contribution in [0.3, 0.4) is 0 Å². The molecule has 1 unspecified atom stereocenters. The number of rotatable bonds is 3. The van der Waals surface area contributed by atoms with Crippen molar-refractivity contribution in [3.63, 3.8) is 0 Å². The minimum absolute atomic E-state index is 0.421. The normalized spacial score (nSPS) is 9.94. The zero-order valence-corrected chi connectivity index (χ0v) is 10.2. The van der Waals surface area contributed by atoms with E-state index < -0.39 is 11.6 Å². The van der Waals surface area contributed by atoms with Gasteiger partial charge in [-0.1, -0.05) is 54.6 Å². The van der Waals surface area contributed by atoms with Gasteiger partial charge in [-0.25, -0.2) is 0 Å². The summed E-state index contributed by atoms with van der Waals surface area (Å²) in [6, 6.07) is 15.5. The Kier molecular flexibility index (Phi) is 3.46. The Balaban J connectivity index is 2.27. The highest BCUT2D eigenvalue weighted by Gasteiger charge is 2.17. The Morgan fingerprint density at radius 1 is 0.706 bits per heavy atom. The van der Waals surface area contributed by atoms with Crippen molar-refractivity contribution in [1.29, 1.82) is 0 Å². The van der Waals surface area contributed by atoms with Crippen LogP contribution in [0.2, 0.25) is 0 Å². The van der Waals surface area contributed by atoms with Crippen LogP contribution in [0.1, 0.15) is 20.7 Å². The van der Waals surface area contributed by atoms with Crippen molar-refractivity contribution in [2.24, 2.45) is 0 Å². The van der Waals surface area contributed by atoms with Gasteiger partial charge >= 0.3 is 0 Å². The van der Waals surface area contributed by atoms with Crippen LogP contribution < -0.4 is 5.30 Å². The van der Waals surface area contributed by atoms with Crippen LogP contribution in [0.4, 0.5) is 0 Å². The Hall–Kier alpha value is -1.79. The van der Waals surface area contributed by atoms with Gasteiger partial charge in [-0.2, -0.15) is 0 Å². The molecule has 2 nitrogen and oxygen atoms in total. The third-order valence-electron chi connectivity index (χ3n) is 2.42. The molecule has 17 heavy (non-hydrogen) atoms. The van der Waals surface area contributed by atoms with Crippen LogP contribution >= 0.6 is 9.24 Å². The van der Waals surface area contributed by atoms with Crippen LogP contribution in [0.15, 0.2) is 54.6 Å². The predicted octanol–water partition coefficient (Wildman–Crippen LogP) is 2.25. The monoisotopic (exact) mass is 242 g/mol. The fourth-order valence-corrected chi connectivity index (χ4v) is 1.68. The number of carbonyl (C=O) groups is 2. The minimum atomic E-state index is -0.471. The molecule has 0 aromatic heterocycles. The van der Waals surface area contributed by atoms with Gasteiger partial charge in [0.05, 0.1) is 0 Å². The largest absolute Gasteiger partial charge is 0.285 e. The lowest BCUT2D eigenvalue weighted by molar-refractivity contribution is 0.0817. The van der Waals surface area contributed by atoms with E-state index in [1.165, 1.54) is 0 Å². The molecule has 0 fully saturated rings. The number of hydrogen-bond acceptors (Lipinski definition) is 2. The van der Waals surface area contributed by atoms with Crippen LogP contribution in [0.25, 0.3) is 0 Å². The molecule has 2 rings (SSSR count). The van der Waals surface area contributed by atoms with Gasteiger partial charge in [0.2, 0.25) is 11.6 Å². The fraction of sp³-hybridized carbons (Fsp3) is 0. The second kappa shape index (κ2) is 5.03. The molecule has 0 aliphatic carbocycles. The first-order valence-electron chi connectivity index (χ1n) is 5.18. The zero-order chi connectivity index (χ0) is 12.3. The van der Waals surface area contributed by atoms with Crippen LogP contribution in [-0.4, -0.2) is 11.6 Å². The average molecular weight is 242 g/mol. The third kappa shape index (κ3) is 2.66. The second-order valence-electron chi connectivity index (χ2n) is 3.65. The Morgan fingerprint density at radius 3 is 1.71 bits per heavy atom. The number of hydrogen-bond donors (Lipinski definition) is 0. The van der Waals surface area contributed by atoms with E-state index in [4.69, 9.17) is 0 Å². The van der Waals surface area contributed by atoms with E-state index in [1.54, 1.807) is 48.5 Å². The highest BCUT2D eigenvalue weighted by Crippen LogP contribution is 2.07. The Labute approximate surface area is 102 Å². The van der Waals surface area contributed by atoms with E-state index in [-0.39, 0.29) is 0 Å². The van der Waals surface area contributed by atoms with E-state index >= 15 is 0 Å². The van der Waals surface area contributed by atoms with Crippen LogP contribution in [0, 0.1) is 0 Å². The van der Waals surface area contributed by atoms with E-state index in [0.29, 0.717) is 11.1 Å². The standard InChI is InChI=1S/C14H11O2P/c15-13(10-4-2-1-3-5-10)14(16)11-6-8-12(17)9-7-11/h1-9H,17H2. The number of ketones is 2. The molecule has 0 amide bonds. The smallest absolute Gasteiger partial charge is 0.233 e. The topological polar surface area (TPSA) is 34.1 Å². The minimum Gasteiger partial charge on any atom is -0.285 e. The van der Waals surface area contributed by atoms with Gasteiger partial charge in [-0.05, 0) is 5.30 Å². The molecule has 0 radical (unpaired) electrons. The fourth-order valence-electron chi connectivity index (χ4n) is 1.49. The van der Waals surface area contributed by atoms with Crippen LogP contribution in [0.5, 0.6) is 0 Å². The molecule has 0 N–H and O–H groups in total. The zero-order valence-electron chi connectivity index (χ0n) is 9.09. The van der Waals surface area contributed by atoms with Gasteiger partial charge in [-0.3, -0.25) is 9.59 Å². The maximum absolute atomic E-state index is 11.9. The van der Waals surface area contributed by atoms with Crippen molar-refractivity contribution in [1.82, 2.24) is 0 Å². The molecule has 0 saturated carbocycles. The number of carbonyl (C=O) groups excluding carboxylic acids is 2. The first kappa shape index (κ1) is 11.7. The maximum atomic E-state index is 11.9. The van der Waals surface area contributed by atoms with Gasteiger partial charge in [0.1, 0.15) is 0 Å². The molecule has 0 spiro atoms. The summed E-state index contributed by atoms with van der Waals surface area (Å²) in [5.41, 5.74) is 0.845. The lowest BCUT2D eigenvalue weighted by Gasteiger charge is -2.01. The lowest BCUT2D eigenvalue weighted by Crippen LogP contribution is -2.14. The van der Waals surface area contributed by atoms with E-state index in [9.17, 15) is 9.59 Å². The van der Waals surface area contributed by atoms with E-state index in [2.05, 4.69) is 9.24 Å². The summed E-state index contributed by atoms with van der Waals surface area (Å²) in [6.45, 7) is 0. The summed E-state index contributed by atoms with van der Waals surface area (Å²) in [5.74, 6) is -0.941. The molecule has 0 aliphatic heterocycles. The van der Waals surface area contributed by atoms with Gasteiger partial charge in [0.15, 0.2) is 0 Å². The third-order valence-corrected chi connectivity index (χ3v) is 2.80. The molecule has 0 bridgehead atoms. The van der Waals surface area contributed by atoms with Crippen molar-refractivity contribution in [2.45, 2.75) is 0 Å². The van der Waals surface area contributed by atoms with E-state index in [1.807, 2.05) is 6.07 Å². The summed E-state index contributed by atoms with van der Waals surface area (Å²) < 4.78 is 0. The van der Waals surface area contributed by atoms with Crippen molar-refractivity contribution in [2.75, 3.05) is 0 Å². The summed E-state index contributed by atoms with van der Waals surface area (Å²) in [6.07, 6.45) is 0. The Morgan fingerprint density at radius 2 is 1.18 bits per heavy atom. The van der Waals surface area contributed by atoms with Gasteiger partial charge in [0, 0.05) is 11.1 Å². The number of Topliss-reactive ketones (excluding diaryl/α,β-unsaturated/α-hetero) is 2. The summed E-state index contributed by atoms with van der Waals surface area (Å²) in [5, 5.41) is 0.980. The van der Waals surface area contributed by atoms with Crippen molar-refractivity contribution >= 4 is 26.1 Å². The maximum Gasteiger partial charge on any atom is 0.233 e. The SMILES string of the molecule is O=C(C(=O)c1ccc(P)cc1)c1ccccc1. The van der Waals surface area contributed by atoms with Crippen molar-refractivity contribution in [3.05, 3.63) is 65.7 Å². The summed E-state index contributed by atoms with van der Waals surface area (Å²) in [4.78, 5) is 23.8. The first-order valence-corrected chi connectivity index (χ1v) is 5.76. The highest BCUT2D eigenvalue weighted by atomic mass is 31.0. The van der Waals surface area contributed by atoms with Crippen LogP contribution in [-0.2, 0) is 0 Å². The second-order valence-corrected chi connectivity index (χ2v) is 4.31. The molecule has 0 heterocycles. The first-order chi connectivity index (χ1) is 8.18. The summed E-state index contributed by atoms with van der Waals surface area (Å²) in [7, 11) is 2.53. The van der Waals surface area contributed by atoms with E-state index in [0.717, 1.165) is 5.30 Å².